The summed E-state index contributed by atoms with van der Waals surface area (Å²) in [6.07, 6.45) is 2.39. The van der Waals surface area contributed by atoms with Crippen molar-refractivity contribution in [3.8, 4) is 0 Å². The van der Waals surface area contributed by atoms with Crippen molar-refractivity contribution in [1.82, 2.24) is 0 Å². The third-order valence-corrected chi connectivity index (χ3v) is 3.74. The van der Waals surface area contributed by atoms with Gasteiger partial charge in [0.05, 0.1) is 0 Å². The monoisotopic (exact) mass is 265 g/mol. The molecule has 3 rings (SSSR count). The molecule has 0 fully saturated rings. The smallest absolute Gasteiger partial charge is 0.228 e. The van der Waals surface area contributed by atoms with Gasteiger partial charge < -0.3 is 5.32 Å². The molecule has 1 N–H and O–H groups in total. The maximum atomic E-state index is 12.3. The van der Waals surface area contributed by atoms with Gasteiger partial charge in [-0.1, -0.05) is 24.3 Å². The third-order valence-electron chi connectivity index (χ3n) is 3.74. The summed E-state index contributed by atoms with van der Waals surface area (Å²) in [4.78, 5) is 22.8. The molecule has 100 valence electrons. The first-order chi connectivity index (χ1) is 9.76. The number of rotatable bonds is 3. The number of amides is 1. The van der Waals surface area contributed by atoms with E-state index in [0.29, 0.717) is 5.56 Å². The molecule has 0 aromatic heterocycles. The molecule has 0 saturated heterocycles. The van der Waals surface area contributed by atoms with Gasteiger partial charge in [0.15, 0.2) is 0 Å². The molecule has 0 atom stereocenters. The summed E-state index contributed by atoms with van der Waals surface area (Å²) in [5, 5.41) is 2.92. The number of fused-ring (bicyclic) bond motifs is 1. The molecule has 0 saturated carbocycles. The summed E-state index contributed by atoms with van der Waals surface area (Å²) in [6, 6.07) is 15.1. The van der Waals surface area contributed by atoms with Gasteiger partial charge >= 0.3 is 0 Å². The van der Waals surface area contributed by atoms with Gasteiger partial charge in [-0.2, -0.15) is 0 Å². The highest BCUT2D eigenvalue weighted by Crippen LogP contribution is 2.27. The molecule has 2 aromatic carbocycles. The number of hydrogen-bond acceptors (Lipinski definition) is 2. The minimum Gasteiger partial charge on any atom is -0.326 e. The van der Waals surface area contributed by atoms with Crippen molar-refractivity contribution in [3.05, 3.63) is 65.2 Å². The molecule has 1 amide bonds. The van der Waals surface area contributed by atoms with E-state index in [0.717, 1.165) is 24.8 Å². The highest BCUT2D eigenvalue weighted by atomic mass is 16.1. The van der Waals surface area contributed by atoms with E-state index in [2.05, 4.69) is 17.4 Å². The number of carbonyl (C=O) groups is 2. The van der Waals surface area contributed by atoms with Crippen LogP contribution in [0.1, 0.15) is 21.5 Å². The summed E-state index contributed by atoms with van der Waals surface area (Å²) in [6.45, 7) is 0. The molecule has 0 aliphatic heterocycles. The Hall–Kier alpha value is -2.42. The fourth-order valence-corrected chi connectivity index (χ4v) is 2.63. The Morgan fingerprint density at radius 1 is 1.00 bits per heavy atom. The largest absolute Gasteiger partial charge is 0.326 e. The average Bonchev–Trinajstić information content (AvgIpc) is 2.92. The Bertz CT molecular complexity index is 621. The average molecular weight is 265 g/mol. The Labute approximate surface area is 117 Å². The first-order valence-corrected chi connectivity index (χ1v) is 6.69. The SMILES string of the molecule is O=Cc1ccc(NC(=O)C2Cc3ccccc3C2)cc1. The second-order valence-corrected chi connectivity index (χ2v) is 5.10. The van der Waals surface area contributed by atoms with Crippen LogP contribution in [0.2, 0.25) is 0 Å². The van der Waals surface area contributed by atoms with Gasteiger partial charge in [-0.3, -0.25) is 9.59 Å². The number of carbonyl (C=O) groups excluding carboxylic acids is 2. The predicted octanol–water partition coefficient (Wildman–Crippen LogP) is 2.85. The molecule has 3 heteroatoms. The number of hydrogen-bond donors (Lipinski definition) is 1. The van der Waals surface area contributed by atoms with E-state index in [1.165, 1.54) is 11.1 Å². The number of benzene rings is 2. The lowest BCUT2D eigenvalue weighted by atomic mass is 10.1. The lowest BCUT2D eigenvalue weighted by Crippen LogP contribution is -2.23. The Kier molecular flexibility index (Phi) is 3.33. The summed E-state index contributed by atoms with van der Waals surface area (Å²) in [7, 11) is 0. The molecule has 0 unspecified atom stereocenters. The van der Waals surface area contributed by atoms with Gasteiger partial charge in [0.1, 0.15) is 6.29 Å². The first kappa shape index (κ1) is 12.6. The summed E-state index contributed by atoms with van der Waals surface area (Å²) in [5.74, 6) is 0.0400. The molecule has 0 heterocycles. The molecule has 0 spiro atoms. The normalized spacial score (nSPS) is 13.8. The maximum Gasteiger partial charge on any atom is 0.228 e. The number of aldehydes is 1. The Balaban J connectivity index is 1.67. The standard InChI is InChI=1S/C17H15NO2/c19-11-12-5-7-16(8-6-12)18-17(20)15-9-13-3-1-2-4-14(13)10-15/h1-8,11,15H,9-10H2,(H,18,20). The fraction of sp³-hybridized carbons (Fsp3) is 0.176. The number of anilines is 1. The van der Waals surface area contributed by atoms with Crippen LogP contribution < -0.4 is 5.32 Å². The van der Waals surface area contributed by atoms with Crippen molar-refractivity contribution < 1.29 is 9.59 Å². The van der Waals surface area contributed by atoms with Gasteiger partial charge in [-0.05, 0) is 48.2 Å². The van der Waals surface area contributed by atoms with Crippen molar-refractivity contribution in [2.75, 3.05) is 5.32 Å². The van der Waals surface area contributed by atoms with Gasteiger partial charge in [-0.25, -0.2) is 0 Å². The summed E-state index contributed by atoms with van der Waals surface area (Å²) < 4.78 is 0. The lowest BCUT2D eigenvalue weighted by Gasteiger charge is -2.10. The van der Waals surface area contributed by atoms with Crippen LogP contribution in [0, 0.1) is 5.92 Å². The van der Waals surface area contributed by atoms with Crippen LogP contribution in [-0.4, -0.2) is 12.2 Å². The lowest BCUT2D eigenvalue weighted by molar-refractivity contribution is -0.119. The van der Waals surface area contributed by atoms with Crippen molar-refractivity contribution in [2.45, 2.75) is 12.8 Å². The van der Waals surface area contributed by atoms with Crippen molar-refractivity contribution in [1.29, 1.82) is 0 Å². The second kappa shape index (κ2) is 5.29. The molecule has 3 nitrogen and oxygen atoms in total. The molecule has 0 bridgehead atoms. The topological polar surface area (TPSA) is 46.2 Å². The quantitative estimate of drug-likeness (QED) is 0.867. The van der Waals surface area contributed by atoms with Crippen molar-refractivity contribution in [2.24, 2.45) is 5.92 Å². The van der Waals surface area contributed by atoms with E-state index < -0.39 is 0 Å². The van der Waals surface area contributed by atoms with E-state index in [-0.39, 0.29) is 11.8 Å². The van der Waals surface area contributed by atoms with Crippen LogP contribution in [0.3, 0.4) is 0 Å². The van der Waals surface area contributed by atoms with E-state index in [9.17, 15) is 9.59 Å². The first-order valence-electron chi connectivity index (χ1n) is 6.69. The fourth-order valence-electron chi connectivity index (χ4n) is 2.63. The molecule has 1 aliphatic carbocycles. The van der Waals surface area contributed by atoms with Crippen LogP contribution in [0.4, 0.5) is 5.69 Å². The zero-order chi connectivity index (χ0) is 13.9. The minimum absolute atomic E-state index is 0.00172. The van der Waals surface area contributed by atoms with Crippen molar-refractivity contribution >= 4 is 17.9 Å². The van der Waals surface area contributed by atoms with Crippen LogP contribution in [0.25, 0.3) is 0 Å². The predicted molar refractivity (Wildman–Crippen MR) is 77.8 cm³/mol. The number of nitrogens with one attached hydrogen (secondary N) is 1. The van der Waals surface area contributed by atoms with E-state index in [4.69, 9.17) is 0 Å². The molecule has 20 heavy (non-hydrogen) atoms. The molecular formula is C17H15NO2. The molecule has 0 radical (unpaired) electrons. The molecular weight excluding hydrogens is 250 g/mol. The Morgan fingerprint density at radius 2 is 1.60 bits per heavy atom. The van der Waals surface area contributed by atoms with Gasteiger partial charge in [0.25, 0.3) is 0 Å². The maximum absolute atomic E-state index is 12.3. The highest BCUT2D eigenvalue weighted by Gasteiger charge is 2.26. The Morgan fingerprint density at radius 3 is 2.15 bits per heavy atom. The summed E-state index contributed by atoms with van der Waals surface area (Å²) in [5.41, 5.74) is 3.88. The van der Waals surface area contributed by atoms with Crippen LogP contribution in [0.15, 0.2) is 48.5 Å². The zero-order valence-corrected chi connectivity index (χ0v) is 11.0. The van der Waals surface area contributed by atoms with E-state index in [1.54, 1.807) is 24.3 Å². The van der Waals surface area contributed by atoms with Crippen molar-refractivity contribution in [3.63, 3.8) is 0 Å². The van der Waals surface area contributed by atoms with Gasteiger partial charge in [-0.15, -0.1) is 0 Å². The van der Waals surface area contributed by atoms with E-state index >= 15 is 0 Å². The minimum atomic E-state index is -0.00172. The molecule has 2 aromatic rings. The van der Waals surface area contributed by atoms with E-state index in [1.807, 2.05) is 12.1 Å². The van der Waals surface area contributed by atoms with Crippen LogP contribution >= 0.6 is 0 Å². The van der Waals surface area contributed by atoms with Gasteiger partial charge in [0.2, 0.25) is 5.91 Å². The second-order valence-electron chi connectivity index (χ2n) is 5.10. The van der Waals surface area contributed by atoms with Crippen LogP contribution in [-0.2, 0) is 17.6 Å². The molecule has 1 aliphatic rings. The third kappa shape index (κ3) is 2.48. The zero-order valence-electron chi connectivity index (χ0n) is 11.0. The highest BCUT2D eigenvalue weighted by molar-refractivity contribution is 5.93. The van der Waals surface area contributed by atoms with Crippen LogP contribution in [0.5, 0.6) is 0 Å². The summed E-state index contributed by atoms with van der Waals surface area (Å²) >= 11 is 0. The van der Waals surface area contributed by atoms with Gasteiger partial charge in [0, 0.05) is 17.2 Å².